The van der Waals surface area contributed by atoms with Crippen LogP contribution in [0.4, 0.5) is 9.59 Å². The van der Waals surface area contributed by atoms with Gasteiger partial charge in [0.25, 0.3) is 0 Å². The zero-order valence-electron chi connectivity index (χ0n) is 32.2. The Balaban J connectivity index is 1.20. The summed E-state index contributed by atoms with van der Waals surface area (Å²) < 4.78 is 9.44. The third kappa shape index (κ3) is 9.03. The molecule has 0 aliphatic carbocycles. The topological polar surface area (TPSA) is 175 Å². The standard InChI is InChI=1S/C40H53N7O7/c1-23(2)33(44-39(51)53-6)37(49)46-20-8-10-31(46)35-41-22-30(43-35)29-18-16-28(17-19-29)27-14-12-26(13-15-27)25(5)42-36(48)32-11-9-21-47(32)38(50)34(24(3)4)45-40(52)54-7/h12-19,22-25,31-34H,8-11,20-21H2,1-7H3,(H,41,43)(H,42,48)(H,44,51)(H,45,52)/t25-,31-,32-,33-,34-/m0/s1. The molecule has 1 aromatic heterocycles. The molecule has 5 amide bonds. The minimum atomic E-state index is -0.788. The Morgan fingerprint density at radius 2 is 1.20 bits per heavy atom. The smallest absolute Gasteiger partial charge is 0.407 e. The van der Waals surface area contributed by atoms with E-state index in [0.29, 0.717) is 31.8 Å². The molecule has 5 atom stereocenters. The highest BCUT2D eigenvalue weighted by molar-refractivity contribution is 5.92. The van der Waals surface area contributed by atoms with E-state index in [0.717, 1.165) is 40.8 Å². The number of nitrogens with zero attached hydrogens (tertiary/aromatic N) is 3. The van der Waals surface area contributed by atoms with Gasteiger partial charge in [-0.25, -0.2) is 14.6 Å². The number of ether oxygens (including phenoxy) is 2. The number of carbonyl (C=O) groups is 5. The summed E-state index contributed by atoms with van der Waals surface area (Å²) in [6.07, 6.45) is 3.33. The molecule has 2 aliphatic heterocycles. The first-order chi connectivity index (χ1) is 25.8. The summed E-state index contributed by atoms with van der Waals surface area (Å²) >= 11 is 0. The minimum absolute atomic E-state index is 0.113. The van der Waals surface area contributed by atoms with Crippen molar-refractivity contribution in [3.05, 3.63) is 66.1 Å². The Morgan fingerprint density at radius 3 is 1.76 bits per heavy atom. The number of nitrogens with one attached hydrogen (secondary N) is 4. The number of carbonyl (C=O) groups excluding carboxylic acids is 5. The number of methoxy groups -OCH3 is 2. The van der Waals surface area contributed by atoms with Gasteiger partial charge >= 0.3 is 12.2 Å². The van der Waals surface area contributed by atoms with Crippen molar-refractivity contribution in [3.8, 4) is 22.4 Å². The van der Waals surface area contributed by atoms with Gasteiger partial charge in [0.2, 0.25) is 17.7 Å². The Bertz CT molecular complexity index is 1790. The van der Waals surface area contributed by atoms with Crippen LogP contribution >= 0.6 is 0 Å². The molecule has 2 saturated heterocycles. The number of aromatic nitrogens is 2. The van der Waals surface area contributed by atoms with Crippen LogP contribution in [0.25, 0.3) is 22.4 Å². The number of H-pyrrole nitrogens is 1. The van der Waals surface area contributed by atoms with E-state index in [4.69, 9.17) is 9.47 Å². The Morgan fingerprint density at radius 1 is 0.704 bits per heavy atom. The van der Waals surface area contributed by atoms with E-state index in [1.165, 1.54) is 14.2 Å². The number of likely N-dealkylation sites (tertiary alicyclic amines) is 2. The molecular weight excluding hydrogens is 690 g/mol. The van der Waals surface area contributed by atoms with Gasteiger partial charge in [-0.15, -0.1) is 0 Å². The van der Waals surface area contributed by atoms with Gasteiger partial charge in [0.15, 0.2) is 0 Å². The summed E-state index contributed by atoms with van der Waals surface area (Å²) in [5, 5.41) is 8.38. The average molecular weight is 744 g/mol. The fourth-order valence-corrected chi connectivity index (χ4v) is 7.23. The van der Waals surface area contributed by atoms with Gasteiger partial charge < -0.3 is 40.2 Å². The summed E-state index contributed by atoms with van der Waals surface area (Å²) in [7, 11) is 2.53. The molecule has 14 nitrogen and oxygen atoms in total. The molecule has 14 heteroatoms. The van der Waals surface area contributed by atoms with Crippen LogP contribution in [0.1, 0.15) is 83.8 Å². The van der Waals surface area contributed by atoms with Gasteiger partial charge in [0.1, 0.15) is 23.9 Å². The van der Waals surface area contributed by atoms with Gasteiger partial charge in [-0.1, -0.05) is 76.2 Å². The van der Waals surface area contributed by atoms with Crippen LogP contribution in [0, 0.1) is 11.8 Å². The van der Waals surface area contributed by atoms with E-state index in [1.807, 2.05) is 83.1 Å². The van der Waals surface area contributed by atoms with Crippen LogP contribution < -0.4 is 16.0 Å². The molecule has 3 heterocycles. The quantitative estimate of drug-likeness (QED) is 0.192. The first-order valence-corrected chi connectivity index (χ1v) is 18.7. The monoisotopic (exact) mass is 743 g/mol. The number of alkyl carbamates (subject to hydrolysis) is 2. The zero-order valence-corrected chi connectivity index (χ0v) is 32.2. The summed E-state index contributed by atoms with van der Waals surface area (Å²) in [6.45, 7) is 10.4. The molecule has 0 spiro atoms. The fourth-order valence-electron chi connectivity index (χ4n) is 7.23. The van der Waals surface area contributed by atoms with Gasteiger partial charge in [0.05, 0.1) is 38.2 Å². The fraction of sp³-hybridized carbons (Fsp3) is 0.500. The van der Waals surface area contributed by atoms with Crippen molar-refractivity contribution in [2.24, 2.45) is 11.8 Å². The first kappa shape index (κ1) is 39.8. The van der Waals surface area contributed by atoms with Gasteiger partial charge in [-0.3, -0.25) is 14.4 Å². The molecule has 2 fully saturated rings. The Hall–Kier alpha value is -5.40. The summed E-state index contributed by atoms with van der Waals surface area (Å²) in [4.78, 5) is 75.5. The highest BCUT2D eigenvalue weighted by Gasteiger charge is 2.40. The first-order valence-electron chi connectivity index (χ1n) is 18.7. The lowest BCUT2D eigenvalue weighted by Crippen LogP contribution is -2.55. The number of hydrogen-bond donors (Lipinski definition) is 4. The van der Waals surface area contributed by atoms with Crippen LogP contribution in [0.3, 0.4) is 0 Å². The van der Waals surface area contributed by atoms with Crippen LogP contribution in [-0.4, -0.2) is 95.1 Å². The third-order valence-electron chi connectivity index (χ3n) is 10.4. The van der Waals surface area contributed by atoms with Crippen LogP contribution in [0.2, 0.25) is 0 Å². The molecule has 2 aromatic carbocycles. The van der Waals surface area contributed by atoms with Crippen LogP contribution in [0.5, 0.6) is 0 Å². The molecule has 0 bridgehead atoms. The summed E-state index contributed by atoms with van der Waals surface area (Å²) in [6, 6.07) is 13.5. The van der Waals surface area contributed by atoms with Crippen LogP contribution in [-0.2, 0) is 23.9 Å². The zero-order chi connectivity index (χ0) is 39.1. The van der Waals surface area contributed by atoms with Gasteiger partial charge in [0, 0.05) is 13.1 Å². The Labute approximate surface area is 316 Å². The van der Waals surface area contributed by atoms with E-state index in [1.54, 1.807) is 16.0 Å². The van der Waals surface area contributed by atoms with E-state index < -0.39 is 30.3 Å². The number of rotatable bonds is 12. The molecule has 290 valence electrons. The maximum absolute atomic E-state index is 13.5. The second kappa shape index (κ2) is 17.6. The van der Waals surface area contributed by atoms with Crippen molar-refractivity contribution >= 4 is 29.9 Å². The highest BCUT2D eigenvalue weighted by atomic mass is 16.5. The molecule has 0 saturated carbocycles. The largest absolute Gasteiger partial charge is 0.453 e. The van der Waals surface area contributed by atoms with E-state index in [2.05, 4.69) is 25.9 Å². The summed E-state index contributed by atoms with van der Waals surface area (Å²) in [5.74, 6) is -0.247. The molecule has 5 rings (SSSR count). The highest BCUT2D eigenvalue weighted by Crippen LogP contribution is 2.33. The van der Waals surface area contributed by atoms with Crippen molar-refractivity contribution in [1.29, 1.82) is 0 Å². The molecule has 0 unspecified atom stereocenters. The molecular formula is C40H53N7O7. The second-order valence-electron chi connectivity index (χ2n) is 14.7. The maximum atomic E-state index is 13.5. The van der Waals surface area contributed by atoms with Crippen molar-refractivity contribution < 1.29 is 33.4 Å². The normalized spacial score (nSPS) is 18.6. The van der Waals surface area contributed by atoms with E-state index in [-0.39, 0.29) is 41.6 Å². The van der Waals surface area contributed by atoms with E-state index >= 15 is 0 Å². The number of imidazole rings is 1. The number of aromatic amines is 1. The number of benzene rings is 2. The summed E-state index contributed by atoms with van der Waals surface area (Å²) in [5.41, 5.74) is 4.75. The van der Waals surface area contributed by atoms with Crippen LogP contribution in [0.15, 0.2) is 54.7 Å². The third-order valence-corrected chi connectivity index (χ3v) is 10.4. The maximum Gasteiger partial charge on any atom is 0.407 e. The van der Waals surface area contributed by atoms with Crippen molar-refractivity contribution in [2.45, 2.75) is 90.5 Å². The number of amides is 5. The van der Waals surface area contributed by atoms with Gasteiger partial charge in [-0.05, 0) is 66.7 Å². The van der Waals surface area contributed by atoms with E-state index in [9.17, 15) is 24.0 Å². The lowest BCUT2D eigenvalue weighted by molar-refractivity contribution is -0.141. The molecule has 2 aliphatic rings. The van der Waals surface area contributed by atoms with Crippen molar-refractivity contribution in [3.63, 3.8) is 0 Å². The molecule has 4 N–H and O–H groups in total. The minimum Gasteiger partial charge on any atom is -0.453 e. The lowest BCUT2D eigenvalue weighted by atomic mass is 9.99. The van der Waals surface area contributed by atoms with Gasteiger partial charge in [-0.2, -0.15) is 0 Å². The van der Waals surface area contributed by atoms with Crippen molar-refractivity contribution in [1.82, 2.24) is 35.7 Å². The lowest BCUT2D eigenvalue weighted by Gasteiger charge is -2.30. The molecule has 54 heavy (non-hydrogen) atoms. The average Bonchev–Trinajstić information content (AvgIpc) is 3.97. The SMILES string of the molecule is COC(=O)N[C@H](C(=O)N1CCC[C@H]1C(=O)N[C@@H](C)c1ccc(-c2ccc(-c3cnc([C@@H]4CCCN4C(=O)[C@@H](NC(=O)OC)C(C)C)[nH]3)cc2)cc1)C(C)C. The molecule has 0 radical (unpaired) electrons. The predicted octanol–water partition coefficient (Wildman–Crippen LogP) is 5.34. The molecule has 3 aromatic rings. The van der Waals surface area contributed by atoms with Crippen molar-refractivity contribution in [2.75, 3.05) is 27.3 Å². The number of hydrogen-bond acceptors (Lipinski definition) is 8. The Kier molecular flexibility index (Phi) is 13.0. The predicted molar refractivity (Wildman–Crippen MR) is 203 cm³/mol. The second-order valence-corrected chi connectivity index (χ2v) is 14.7.